The Bertz CT molecular complexity index is 628. The maximum Gasteiger partial charge on any atom is 0.363 e. The molecule has 88 valence electrons. The van der Waals surface area contributed by atoms with Gasteiger partial charge in [-0.05, 0) is 29.8 Å². The van der Waals surface area contributed by atoms with Crippen LogP contribution in [0.1, 0.15) is 11.3 Å². The molecule has 0 unspecified atom stereocenters. The van der Waals surface area contributed by atoms with Gasteiger partial charge in [0.05, 0.1) is 6.26 Å². The molecular formula is C13H8N2O3. The van der Waals surface area contributed by atoms with Gasteiger partial charge in [-0.15, -0.1) is 0 Å². The molecule has 0 spiro atoms. The van der Waals surface area contributed by atoms with Crippen molar-refractivity contribution in [1.29, 1.82) is 0 Å². The largest absolute Gasteiger partial charge is 0.459 e. The Kier molecular flexibility index (Phi) is 2.49. The van der Waals surface area contributed by atoms with Crippen LogP contribution >= 0.6 is 0 Å². The van der Waals surface area contributed by atoms with E-state index in [1.165, 1.54) is 6.26 Å². The van der Waals surface area contributed by atoms with Gasteiger partial charge in [0, 0.05) is 12.4 Å². The summed E-state index contributed by atoms with van der Waals surface area (Å²) in [5.41, 5.74) is 1.02. The molecule has 0 radical (unpaired) electrons. The number of aliphatic imine (C=N–C) groups is 1. The summed E-state index contributed by atoms with van der Waals surface area (Å²) in [5.74, 6) is 0.114. The third-order valence-corrected chi connectivity index (χ3v) is 2.34. The zero-order valence-corrected chi connectivity index (χ0v) is 9.24. The summed E-state index contributed by atoms with van der Waals surface area (Å²) >= 11 is 0. The van der Waals surface area contributed by atoms with Crippen LogP contribution in [-0.2, 0) is 9.53 Å². The Balaban J connectivity index is 1.94. The molecule has 0 saturated carbocycles. The molecule has 0 aliphatic carbocycles. The molecule has 3 rings (SSSR count). The maximum atomic E-state index is 11.6. The van der Waals surface area contributed by atoms with E-state index in [4.69, 9.17) is 9.15 Å². The number of aromatic nitrogens is 1. The molecule has 1 aliphatic rings. The Morgan fingerprint density at radius 2 is 2.17 bits per heavy atom. The van der Waals surface area contributed by atoms with Gasteiger partial charge in [-0.25, -0.2) is 9.79 Å². The quantitative estimate of drug-likeness (QED) is 0.595. The number of cyclic esters (lactones) is 1. The standard InChI is InChI=1S/C13H8N2O3/c16-13-10(7-9-3-1-5-14-8-9)15-12(18-13)11-4-2-6-17-11/h1-8H/b10-7-. The van der Waals surface area contributed by atoms with E-state index in [9.17, 15) is 4.79 Å². The van der Waals surface area contributed by atoms with E-state index >= 15 is 0 Å². The third-order valence-electron chi connectivity index (χ3n) is 2.34. The van der Waals surface area contributed by atoms with Crippen LogP contribution in [-0.4, -0.2) is 16.9 Å². The van der Waals surface area contributed by atoms with Crippen molar-refractivity contribution in [3.8, 4) is 0 Å². The van der Waals surface area contributed by atoms with E-state index in [0.29, 0.717) is 5.76 Å². The molecule has 3 heterocycles. The third kappa shape index (κ3) is 1.93. The monoisotopic (exact) mass is 240 g/mol. The van der Waals surface area contributed by atoms with Gasteiger partial charge in [0.25, 0.3) is 5.90 Å². The Morgan fingerprint density at radius 1 is 1.22 bits per heavy atom. The van der Waals surface area contributed by atoms with Crippen LogP contribution in [0.5, 0.6) is 0 Å². The Morgan fingerprint density at radius 3 is 2.89 bits per heavy atom. The summed E-state index contributed by atoms with van der Waals surface area (Å²) in [6.45, 7) is 0. The fourth-order valence-electron chi connectivity index (χ4n) is 1.53. The summed E-state index contributed by atoms with van der Waals surface area (Å²) in [5, 5.41) is 0. The summed E-state index contributed by atoms with van der Waals surface area (Å²) in [6.07, 6.45) is 6.41. The topological polar surface area (TPSA) is 64.7 Å². The summed E-state index contributed by atoms with van der Waals surface area (Å²) in [6, 6.07) is 6.99. The smallest absolute Gasteiger partial charge is 0.363 e. The zero-order chi connectivity index (χ0) is 12.4. The van der Waals surface area contributed by atoms with E-state index in [1.54, 1.807) is 36.7 Å². The molecule has 2 aromatic rings. The number of hydrogen-bond donors (Lipinski definition) is 0. The molecule has 0 fully saturated rings. The predicted octanol–water partition coefficient (Wildman–Crippen LogP) is 2.02. The molecule has 0 N–H and O–H groups in total. The first-order chi connectivity index (χ1) is 8.83. The molecule has 1 aliphatic heterocycles. The summed E-state index contributed by atoms with van der Waals surface area (Å²) in [4.78, 5) is 19.7. The Labute approximate surface area is 102 Å². The van der Waals surface area contributed by atoms with Gasteiger partial charge < -0.3 is 9.15 Å². The van der Waals surface area contributed by atoms with Crippen molar-refractivity contribution < 1.29 is 13.9 Å². The van der Waals surface area contributed by atoms with Crippen LogP contribution in [0.2, 0.25) is 0 Å². The number of nitrogens with zero attached hydrogens (tertiary/aromatic N) is 2. The fourth-order valence-corrected chi connectivity index (χ4v) is 1.53. The molecule has 0 atom stereocenters. The fraction of sp³-hybridized carbons (Fsp3) is 0. The lowest BCUT2D eigenvalue weighted by Crippen LogP contribution is -2.04. The van der Waals surface area contributed by atoms with Crippen LogP contribution < -0.4 is 0 Å². The van der Waals surface area contributed by atoms with E-state index in [1.807, 2.05) is 6.07 Å². The second kappa shape index (κ2) is 4.29. The predicted molar refractivity (Wildman–Crippen MR) is 63.6 cm³/mol. The van der Waals surface area contributed by atoms with Gasteiger partial charge in [0.2, 0.25) is 0 Å². The second-order valence-corrected chi connectivity index (χ2v) is 3.60. The zero-order valence-electron chi connectivity index (χ0n) is 9.24. The molecule has 18 heavy (non-hydrogen) atoms. The second-order valence-electron chi connectivity index (χ2n) is 3.60. The van der Waals surface area contributed by atoms with Crippen LogP contribution in [0.4, 0.5) is 0 Å². The minimum atomic E-state index is -0.495. The highest BCUT2D eigenvalue weighted by Gasteiger charge is 2.25. The Hall–Kier alpha value is -2.69. The van der Waals surface area contributed by atoms with Gasteiger partial charge in [-0.2, -0.15) is 0 Å². The lowest BCUT2D eigenvalue weighted by Gasteiger charge is -1.92. The van der Waals surface area contributed by atoms with Gasteiger partial charge in [-0.1, -0.05) is 6.07 Å². The SMILES string of the molecule is O=C1OC(c2ccco2)=N/C1=C\c1cccnc1. The highest BCUT2D eigenvalue weighted by molar-refractivity contribution is 6.11. The van der Waals surface area contributed by atoms with Crippen molar-refractivity contribution in [2.45, 2.75) is 0 Å². The number of carbonyl (C=O) groups is 1. The molecule has 5 nitrogen and oxygen atoms in total. The number of rotatable bonds is 2. The number of ether oxygens (including phenoxy) is 1. The maximum absolute atomic E-state index is 11.6. The summed E-state index contributed by atoms with van der Waals surface area (Å²) in [7, 11) is 0. The van der Waals surface area contributed by atoms with Crippen molar-refractivity contribution in [1.82, 2.24) is 4.98 Å². The van der Waals surface area contributed by atoms with E-state index in [-0.39, 0.29) is 11.6 Å². The van der Waals surface area contributed by atoms with Crippen LogP contribution in [0.25, 0.3) is 6.08 Å². The first kappa shape index (κ1) is 10.5. The average Bonchev–Trinajstić information content (AvgIpc) is 3.01. The molecule has 0 bridgehead atoms. The molecule has 5 heteroatoms. The van der Waals surface area contributed by atoms with E-state index in [0.717, 1.165) is 5.56 Å². The minimum absolute atomic E-state index is 0.181. The minimum Gasteiger partial charge on any atom is -0.459 e. The van der Waals surface area contributed by atoms with Crippen molar-refractivity contribution in [2.75, 3.05) is 0 Å². The van der Waals surface area contributed by atoms with Gasteiger partial charge >= 0.3 is 5.97 Å². The first-order valence-electron chi connectivity index (χ1n) is 5.29. The van der Waals surface area contributed by atoms with Crippen molar-refractivity contribution in [3.05, 3.63) is 59.9 Å². The number of carbonyl (C=O) groups excluding carboxylic acids is 1. The van der Waals surface area contributed by atoms with Crippen LogP contribution in [0.15, 0.2) is 58.0 Å². The number of pyridine rings is 1. The average molecular weight is 240 g/mol. The normalized spacial score (nSPS) is 16.8. The summed E-state index contributed by atoms with van der Waals surface area (Å²) < 4.78 is 10.1. The van der Waals surface area contributed by atoms with Crippen LogP contribution in [0, 0.1) is 0 Å². The number of furan rings is 1. The highest BCUT2D eigenvalue weighted by atomic mass is 16.6. The molecular weight excluding hydrogens is 232 g/mol. The van der Waals surface area contributed by atoms with Crippen molar-refractivity contribution >= 4 is 17.9 Å². The van der Waals surface area contributed by atoms with Crippen LogP contribution in [0.3, 0.4) is 0 Å². The first-order valence-corrected chi connectivity index (χ1v) is 5.29. The highest BCUT2D eigenvalue weighted by Crippen LogP contribution is 2.18. The molecule has 0 amide bonds. The van der Waals surface area contributed by atoms with Crippen molar-refractivity contribution in [3.63, 3.8) is 0 Å². The number of hydrogen-bond acceptors (Lipinski definition) is 5. The molecule has 0 aromatic carbocycles. The number of esters is 1. The van der Waals surface area contributed by atoms with E-state index in [2.05, 4.69) is 9.98 Å². The lowest BCUT2D eigenvalue weighted by molar-refractivity contribution is -0.130. The van der Waals surface area contributed by atoms with Gasteiger partial charge in [0.15, 0.2) is 11.5 Å². The van der Waals surface area contributed by atoms with Crippen molar-refractivity contribution in [2.24, 2.45) is 4.99 Å². The van der Waals surface area contributed by atoms with Gasteiger partial charge in [0.1, 0.15) is 0 Å². The lowest BCUT2D eigenvalue weighted by atomic mass is 10.2. The van der Waals surface area contributed by atoms with Gasteiger partial charge in [-0.3, -0.25) is 4.98 Å². The molecule has 2 aromatic heterocycles. The molecule has 0 saturated heterocycles. The van der Waals surface area contributed by atoms with E-state index < -0.39 is 5.97 Å².